The fourth-order valence-electron chi connectivity index (χ4n) is 3.22. The lowest BCUT2D eigenvalue weighted by atomic mass is 10.0. The van der Waals surface area contributed by atoms with E-state index < -0.39 is 54.3 Å². The van der Waals surface area contributed by atoms with Crippen molar-refractivity contribution in [3.05, 3.63) is 0 Å². The highest BCUT2D eigenvalue weighted by Crippen LogP contribution is 2.20. The highest BCUT2D eigenvalue weighted by atomic mass is 32.2. The number of nitrogens with one attached hydrogen (secondary N) is 2. The molecular weight excluding hydrogens is 426 g/mol. The molecule has 4 unspecified atom stereocenters. The minimum atomic E-state index is -1.35. The van der Waals surface area contributed by atoms with Gasteiger partial charge in [0.1, 0.15) is 18.1 Å². The molecule has 0 radical (unpaired) electrons. The van der Waals surface area contributed by atoms with Gasteiger partial charge in [-0.15, -0.1) is 0 Å². The van der Waals surface area contributed by atoms with Gasteiger partial charge < -0.3 is 32.1 Å². The number of aliphatic carboxylic acids is 1. The van der Waals surface area contributed by atoms with E-state index in [0.29, 0.717) is 25.1 Å². The Morgan fingerprint density at radius 1 is 1.16 bits per heavy atom. The highest BCUT2D eigenvalue weighted by molar-refractivity contribution is 7.98. The SMILES string of the molecule is CSCCC(NC(=O)C(CC(N)=O)NC(=O)C1CCCN1C(=O)C(N)C(C)C)C(=O)O. The van der Waals surface area contributed by atoms with Crippen molar-refractivity contribution in [2.45, 2.75) is 63.7 Å². The van der Waals surface area contributed by atoms with Crippen molar-refractivity contribution in [2.75, 3.05) is 18.6 Å². The van der Waals surface area contributed by atoms with E-state index >= 15 is 0 Å². The summed E-state index contributed by atoms with van der Waals surface area (Å²) in [6.45, 7) is 3.97. The van der Waals surface area contributed by atoms with Gasteiger partial charge in [-0.2, -0.15) is 11.8 Å². The lowest BCUT2D eigenvalue weighted by Crippen LogP contribution is -2.57. The first-order valence-electron chi connectivity index (χ1n) is 10.2. The van der Waals surface area contributed by atoms with Crippen LogP contribution in [0.15, 0.2) is 0 Å². The summed E-state index contributed by atoms with van der Waals surface area (Å²) in [5, 5.41) is 14.1. The van der Waals surface area contributed by atoms with Crippen LogP contribution < -0.4 is 22.1 Å². The molecule has 0 aromatic heterocycles. The largest absolute Gasteiger partial charge is 0.480 e. The Bertz CT molecular complexity index is 689. The number of nitrogens with two attached hydrogens (primary N) is 2. The first kappa shape index (κ1) is 26.7. The van der Waals surface area contributed by atoms with Crippen LogP contribution in [-0.4, -0.2) is 82.3 Å². The van der Waals surface area contributed by atoms with Crippen LogP contribution in [0.5, 0.6) is 0 Å². The normalized spacial score (nSPS) is 18.9. The predicted octanol–water partition coefficient (Wildman–Crippen LogP) is -1.36. The first-order valence-corrected chi connectivity index (χ1v) is 11.6. The molecule has 1 rings (SSSR count). The number of carboxylic acid groups (broad SMARTS) is 1. The summed E-state index contributed by atoms with van der Waals surface area (Å²) < 4.78 is 0. The molecule has 1 fully saturated rings. The average molecular weight is 460 g/mol. The number of hydrogen-bond acceptors (Lipinski definition) is 7. The van der Waals surface area contributed by atoms with E-state index in [1.165, 1.54) is 16.7 Å². The van der Waals surface area contributed by atoms with Crippen molar-refractivity contribution >= 4 is 41.4 Å². The van der Waals surface area contributed by atoms with Crippen LogP contribution in [-0.2, 0) is 24.0 Å². The third kappa shape index (κ3) is 8.02. The third-order valence-electron chi connectivity index (χ3n) is 5.11. The second-order valence-electron chi connectivity index (χ2n) is 7.87. The molecule has 7 N–H and O–H groups in total. The van der Waals surface area contributed by atoms with E-state index in [9.17, 15) is 29.1 Å². The number of nitrogens with zero attached hydrogens (tertiary/aromatic N) is 1. The van der Waals surface area contributed by atoms with Gasteiger partial charge >= 0.3 is 5.97 Å². The molecule has 11 nitrogen and oxygen atoms in total. The van der Waals surface area contributed by atoms with Crippen molar-refractivity contribution in [2.24, 2.45) is 17.4 Å². The smallest absolute Gasteiger partial charge is 0.326 e. The van der Waals surface area contributed by atoms with Crippen molar-refractivity contribution in [3.63, 3.8) is 0 Å². The van der Waals surface area contributed by atoms with Gasteiger partial charge in [-0.3, -0.25) is 19.2 Å². The summed E-state index contributed by atoms with van der Waals surface area (Å²) in [5.74, 6) is -3.46. The molecule has 0 aliphatic carbocycles. The summed E-state index contributed by atoms with van der Waals surface area (Å²) >= 11 is 1.42. The monoisotopic (exact) mass is 459 g/mol. The molecule has 12 heteroatoms. The van der Waals surface area contributed by atoms with Crippen molar-refractivity contribution in [3.8, 4) is 0 Å². The van der Waals surface area contributed by atoms with Crippen LogP contribution in [0.3, 0.4) is 0 Å². The second-order valence-corrected chi connectivity index (χ2v) is 8.86. The third-order valence-corrected chi connectivity index (χ3v) is 5.75. The van der Waals surface area contributed by atoms with Crippen LogP contribution >= 0.6 is 11.8 Å². The molecule has 176 valence electrons. The zero-order valence-electron chi connectivity index (χ0n) is 18.1. The van der Waals surface area contributed by atoms with E-state index in [2.05, 4.69) is 10.6 Å². The maximum atomic E-state index is 12.8. The molecule has 1 heterocycles. The van der Waals surface area contributed by atoms with E-state index in [-0.39, 0.29) is 18.2 Å². The summed E-state index contributed by atoms with van der Waals surface area (Å²) in [7, 11) is 0. The molecule has 0 aromatic rings. The standard InChI is InChI=1S/C19H33N5O6S/c1-10(2)15(21)18(28)24-7-4-5-13(24)17(27)23-12(9-14(20)25)16(26)22-11(19(29)30)6-8-31-3/h10-13,15H,4-9,21H2,1-3H3,(H2,20,25)(H,22,26)(H,23,27)(H,29,30). The fraction of sp³-hybridized carbons (Fsp3) is 0.737. The maximum absolute atomic E-state index is 12.8. The number of rotatable bonds is 12. The molecule has 4 atom stereocenters. The first-order chi connectivity index (χ1) is 14.5. The van der Waals surface area contributed by atoms with Gasteiger partial charge in [-0.1, -0.05) is 13.8 Å². The summed E-state index contributed by atoms with van der Waals surface area (Å²) in [4.78, 5) is 62.3. The van der Waals surface area contributed by atoms with Gasteiger partial charge in [0.15, 0.2) is 0 Å². The van der Waals surface area contributed by atoms with Crippen LogP contribution in [0, 0.1) is 5.92 Å². The molecule has 0 saturated carbocycles. The van der Waals surface area contributed by atoms with Crippen molar-refractivity contribution in [1.82, 2.24) is 15.5 Å². The lowest BCUT2D eigenvalue weighted by molar-refractivity contribution is -0.143. The molecule has 0 spiro atoms. The van der Waals surface area contributed by atoms with Gasteiger partial charge in [0, 0.05) is 6.54 Å². The number of carbonyl (C=O) groups is 5. The zero-order valence-corrected chi connectivity index (χ0v) is 18.9. The number of thioether (sulfide) groups is 1. The minimum absolute atomic E-state index is 0.112. The van der Waals surface area contributed by atoms with Crippen LogP contribution in [0.4, 0.5) is 0 Å². The quantitative estimate of drug-likeness (QED) is 0.237. The Balaban J connectivity index is 2.91. The second kappa shape index (κ2) is 12.5. The molecule has 4 amide bonds. The number of likely N-dealkylation sites (tertiary alicyclic amines) is 1. The average Bonchev–Trinajstić information content (AvgIpc) is 3.18. The highest BCUT2D eigenvalue weighted by Gasteiger charge is 2.38. The topological polar surface area (TPSA) is 185 Å². The van der Waals surface area contributed by atoms with Crippen molar-refractivity contribution in [1.29, 1.82) is 0 Å². The minimum Gasteiger partial charge on any atom is -0.480 e. The van der Waals surface area contributed by atoms with Gasteiger partial charge in [0.05, 0.1) is 12.5 Å². The Kier molecular flexibility index (Phi) is 10.8. The zero-order chi connectivity index (χ0) is 23.7. The Hall–Kier alpha value is -2.34. The number of hydrogen-bond donors (Lipinski definition) is 5. The maximum Gasteiger partial charge on any atom is 0.326 e. The number of carboxylic acids is 1. The number of carbonyl (C=O) groups excluding carboxylic acids is 4. The lowest BCUT2D eigenvalue weighted by Gasteiger charge is -2.29. The van der Waals surface area contributed by atoms with E-state index in [1.54, 1.807) is 20.1 Å². The van der Waals surface area contributed by atoms with Crippen molar-refractivity contribution < 1.29 is 29.1 Å². The summed E-state index contributed by atoms with van der Waals surface area (Å²) in [6, 6.07) is -4.10. The van der Waals surface area contributed by atoms with Crippen LogP contribution in [0.1, 0.15) is 39.5 Å². The Morgan fingerprint density at radius 2 is 1.81 bits per heavy atom. The fourth-order valence-corrected chi connectivity index (χ4v) is 3.69. The molecule has 1 aliphatic rings. The van der Waals surface area contributed by atoms with E-state index in [4.69, 9.17) is 11.5 Å². The van der Waals surface area contributed by atoms with Crippen LogP contribution in [0.2, 0.25) is 0 Å². The Labute approximate surface area is 186 Å². The number of amides is 4. The Morgan fingerprint density at radius 3 is 2.32 bits per heavy atom. The molecule has 1 aliphatic heterocycles. The molecule has 0 bridgehead atoms. The van der Waals surface area contributed by atoms with Gasteiger partial charge in [-0.25, -0.2) is 4.79 Å². The summed E-state index contributed by atoms with van der Waals surface area (Å²) in [5.41, 5.74) is 11.1. The van der Waals surface area contributed by atoms with Gasteiger partial charge in [0.25, 0.3) is 0 Å². The molecule has 31 heavy (non-hydrogen) atoms. The summed E-state index contributed by atoms with van der Waals surface area (Å²) in [6.07, 6.45) is 2.46. The van der Waals surface area contributed by atoms with E-state index in [1.807, 2.05) is 0 Å². The predicted molar refractivity (Wildman–Crippen MR) is 116 cm³/mol. The van der Waals surface area contributed by atoms with Crippen LogP contribution in [0.25, 0.3) is 0 Å². The molecule has 0 aromatic carbocycles. The van der Waals surface area contributed by atoms with E-state index in [0.717, 1.165) is 0 Å². The molecular formula is C19H33N5O6S. The van der Waals surface area contributed by atoms with Gasteiger partial charge in [0.2, 0.25) is 23.6 Å². The number of primary amides is 1. The van der Waals surface area contributed by atoms with Gasteiger partial charge in [-0.05, 0) is 37.2 Å². The molecule has 1 saturated heterocycles.